The first-order valence-electron chi connectivity index (χ1n) is 4.79. The lowest BCUT2D eigenvalue weighted by Gasteiger charge is -2.01. The fourth-order valence-electron chi connectivity index (χ4n) is 1.44. The smallest absolute Gasteiger partial charge is 0.119 e. The second kappa shape index (κ2) is 4.14. The molecule has 0 fully saturated rings. The average molecular weight is 203 g/mol. The number of benzene rings is 1. The van der Waals surface area contributed by atoms with Crippen molar-refractivity contribution in [2.24, 2.45) is 5.73 Å². The number of nitrogens with zero attached hydrogens (tertiary/aromatic N) is 1. The number of hydrogen-bond acceptors (Lipinski definition) is 3. The molecule has 4 heteroatoms. The van der Waals surface area contributed by atoms with Crippen LogP contribution < -0.4 is 5.73 Å². The minimum atomic E-state index is 0.295. The number of aromatic nitrogens is 2. The summed E-state index contributed by atoms with van der Waals surface area (Å²) in [5.74, 6) is 1.11. The molecule has 2 rings (SSSR count). The number of aromatic hydroxyl groups is 1. The Morgan fingerprint density at radius 2 is 2.13 bits per heavy atom. The highest BCUT2D eigenvalue weighted by Gasteiger charge is 2.04. The number of nitrogens with two attached hydrogens (primary N) is 1. The molecular formula is C11H13N3O. The molecule has 1 aromatic carbocycles. The molecule has 0 spiro atoms. The predicted molar refractivity (Wildman–Crippen MR) is 57.4 cm³/mol. The van der Waals surface area contributed by atoms with Crippen molar-refractivity contribution < 1.29 is 5.11 Å². The van der Waals surface area contributed by atoms with Crippen molar-refractivity contribution in [3.05, 3.63) is 47.5 Å². The summed E-state index contributed by atoms with van der Waals surface area (Å²) in [6, 6.07) is 7.23. The minimum Gasteiger partial charge on any atom is -0.508 e. The number of H-pyrrole nitrogens is 1. The van der Waals surface area contributed by atoms with Gasteiger partial charge < -0.3 is 15.8 Å². The largest absolute Gasteiger partial charge is 0.508 e. The summed E-state index contributed by atoms with van der Waals surface area (Å²) >= 11 is 0. The van der Waals surface area contributed by atoms with Crippen LogP contribution in [0.15, 0.2) is 30.5 Å². The van der Waals surface area contributed by atoms with Gasteiger partial charge in [-0.15, -0.1) is 0 Å². The lowest BCUT2D eigenvalue weighted by Crippen LogP contribution is -1.97. The first kappa shape index (κ1) is 9.73. The Balaban J connectivity index is 2.18. The SMILES string of the molecule is NCc1cnc(Cc2ccccc2O)[nH]1. The molecular weight excluding hydrogens is 190 g/mol. The standard InChI is InChI=1S/C11H13N3O/c12-6-9-7-13-11(14-9)5-8-3-1-2-4-10(8)15/h1-4,7,15H,5-6,12H2,(H,13,14). The van der Waals surface area contributed by atoms with E-state index in [2.05, 4.69) is 9.97 Å². The maximum absolute atomic E-state index is 9.57. The third-order valence-corrected chi connectivity index (χ3v) is 2.25. The van der Waals surface area contributed by atoms with Gasteiger partial charge in [-0.1, -0.05) is 18.2 Å². The third-order valence-electron chi connectivity index (χ3n) is 2.25. The lowest BCUT2D eigenvalue weighted by atomic mass is 10.1. The van der Waals surface area contributed by atoms with Crippen molar-refractivity contribution in [2.45, 2.75) is 13.0 Å². The van der Waals surface area contributed by atoms with Crippen molar-refractivity contribution in [3.8, 4) is 5.75 Å². The average Bonchev–Trinajstić information content (AvgIpc) is 2.69. The molecule has 0 radical (unpaired) electrons. The normalized spacial score (nSPS) is 10.5. The summed E-state index contributed by atoms with van der Waals surface area (Å²) in [5, 5.41) is 9.57. The molecule has 1 heterocycles. The van der Waals surface area contributed by atoms with Gasteiger partial charge in [0, 0.05) is 30.4 Å². The van der Waals surface area contributed by atoms with E-state index < -0.39 is 0 Å². The Morgan fingerprint density at radius 1 is 1.33 bits per heavy atom. The number of hydrogen-bond donors (Lipinski definition) is 3. The van der Waals surface area contributed by atoms with Gasteiger partial charge in [0.15, 0.2) is 0 Å². The van der Waals surface area contributed by atoms with E-state index in [1.165, 1.54) is 0 Å². The fourth-order valence-corrected chi connectivity index (χ4v) is 1.44. The molecule has 0 aliphatic heterocycles. The van der Waals surface area contributed by atoms with E-state index in [4.69, 9.17) is 5.73 Å². The highest BCUT2D eigenvalue weighted by Crippen LogP contribution is 2.18. The van der Waals surface area contributed by atoms with Crippen LogP contribution in [0.4, 0.5) is 0 Å². The van der Waals surface area contributed by atoms with Crippen molar-refractivity contribution in [2.75, 3.05) is 0 Å². The predicted octanol–water partition coefficient (Wildman–Crippen LogP) is 1.16. The molecule has 0 amide bonds. The fraction of sp³-hybridized carbons (Fsp3) is 0.182. The van der Waals surface area contributed by atoms with E-state index in [1.54, 1.807) is 18.3 Å². The Morgan fingerprint density at radius 3 is 2.80 bits per heavy atom. The zero-order valence-corrected chi connectivity index (χ0v) is 8.27. The number of nitrogens with one attached hydrogen (secondary N) is 1. The van der Waals surface area contributed by atoms with Crippen molar-refractivity contribution in [1.82, 2.24) is 9.97 Å². The van der Waals surface area contributed by atoms with Crippen molar-refractivity contribution in [3.63, 3.8) is 0 Å². The highest BCUT2D eigenvalue weighted by atomic mass is 16.3. The van der Waals surface area contributed by atoms with Crippen LogP contribution in [0.5, 0.6) is 5.75 Å². The Bertz CT molecular complexity index is 451. The molecule has 0 saturated heterocycles. The summed E-state index contributed by atoms with van der Waals surface area (Å²) in [7, 11) is 0. The van der Waals surface area contributed by atoms with Crippen LogP contribution in [0.2, 0.25) is 0 Å². The number of aromatic amines is 1. The quantitative estimate of drug-likeness (QED) is 0.700. The van der Waals surface area contributed by atoms with Crippen LogP contribution in [-0.2, 0) is 13.0 Å². The van der Waals surface area contributed by atoms with E-state index in [0.29, 0.717) is 18.7 Å². The molecule has 0 unspecified atom stereocenters. The van der Waals surface area contributed by atoms with Gasteiger partial charge in [0.05, 0.1) is 0 Å². The van der Waals surface area contributed by atoms with Crippen molar-refractivity contribution >= 4 is 0 Å². The Labute approximate surface area is 87.8 Å². The maximum Gasteiger partial charge on any atom is 0.119 e. The van der Waals surface area contributed by atoms with Gasteiger partial charge in [-0.25, -0.2) is 4.98 Å². The summed E-state index contributed by atoms with van der Waals surface area (Å²) < 4.78 is 0. The monoisotopic (exact) mass is 203 g/mol. The number of rotatable bonds is 3. The topological polar surface area (TPSA) is 74.9 Å². The molecule has 15 heavy (non-hydrogen) atoms. The van der Waals surface area contributed by atoms with Gasteiger partial charge in [-0.3, -0.25) is 0 Å². The van der Waals surface area contributed by atoms with E-state index in [0.717, 1.165) is 17.1 Å². The number of phenols is 1. The van der Waals surface area contributed by atoms with Gasteiger partial charge in [-0.2, -0.15) is 0 Å². The summed E-state index contributed by atoms with van der Waals surface area (Å²) in [5.41, 5.74) is 7.23. The molecule has 0 saturated carbocycles. The van der Waals surface area contributed by atoms with Crippen LogP contribution in [-0.4, -0.2) is 15.1 Å². The van der Waals surface area contributed by atoms with Gasteiger partial charge in [-0.05, 0) is 6.07 Å². The molecule has 0 aliphatic carbocycles. The molecule has 0 aliphatic rings. The van der Waals surface area contributed by atoms with E-state index in [-0.39, 0.29) is 0 Å². The molecule has 4 N–H and O–H groups in total. The van der Waals surface area contributed by atoms with Gasteiger partial charge >= 0.3 is 0 Å². The van der Waals surface area contributed by atoms with Crippen LogP contribution in [0.1, 0.15) is 17.1 Å². The highest BCUT2D eigenvalue weighted by molar-refractivity contribution is 5.33. The Hall–Kier alpha value is -1.81. The molecule has 2 aromatic rings. The van der Waals surface area contributed by atoms with E-state index in [9.17, 15) is 5.11 Å². The van der Waals surface area contributed by atoms with Gasteiger partial charge in [0.2, 0.25) is 0 Å². The first-order valence-corrected chi connectivity index (χ1v) is 4.79. The van der Waals surface area contributed by atoms with Crippen molar-refractivity contribution in [1.29, 1.82) is 0 Å². The minimum absolute atomic E-state index is 0.295. The Kier molecular flexibility index (Phi) is 2.69. The van der Waals surface area contributed by atoms with Crippen LogP contribution in [0.3, 0.4) is 0 Å². The van der Waals surface area contributed by atoms with Crippen LogP contribution >= 0.6 is 0 Å². The van der Waals surface area contributed by atoms with Crippen LogP contribution in [0.25, 0.3) is 0 Å². The summed E-state index contributed by atoms with van der Waals surface area (Å²) in [6.45, 7) is 0.452. The second-order valence-electron chi connectivity index (χ2n) is 3.36. The van der Waals surface area contributed by atoms with E-state index >= 15 is 0 Å². The van der Waals surface area contributed by atoms with Gasteiger partial charge in [0.1, 0.15) is 11.6 Å². The molecule has 0 bridgehead atoms. The summed E-state index contributed by atoms with van der Waals surface area (Å²) in [4.78, 5) is 7.27. The zero-order chi connectivity index (χ0) is 10.7. The number of para-hydroxylation sites is 1. The van der Waals surface area contributed by atoms with Crippen LogP contribution in [0, 0.1) is 0 Å². The first-order chi connectivity index (χ1) is 7.29. The maximum atomic E-state index is 9.57. The molecule has 78 valence electrons. The second-order valence-corrected chi connectivity index (χ2v) is 3.36. The van der Waals surface area contributed by atoms with Gasteiger partial charge in [0.25, 0.3) is 0 Å². The third kappa shape index (κ3) is 2.16. The lowest BCUT2D eigenvalue weighted by molar-refractivity contribution is 0.469. The molecule has 0 atom stereocenters. The molecule has 4 nitrogen and oxygen atoms in total. The summed E-state index contributed by atoms with van der Waals surface area (Å²) in [6.07, 6.45) is 2.31. The molecule has 1 aromatic heterocycles. The number of phenolic OH excluding ortho intramolecular Hbond substituents is 1. The number of imidazole rings is 1. The zero-order valence-electron chi connectivity index (χ0n) is 8.27. The van der Waals surface area contributed by atoms with E-state index in [1.807, 2.05) is 12.1 Å².